The van der Waals surface area contributed by atoms with Gasteiger partial charge < -0.3 is 4.74 Å². The van der Waals surface area contributed by atoms with Crippen molar-refractivity contribution in [1.29, 1.82) is 0 Å². The van der Waals surface area contributed by atoms with E-state index in [2.05, 4.69) is 0 Å². The topological polar surface area (TPSA) is 80.8 Å². The summed E-state index contributed by atoms with van der Waals surface area (Å²) in [6, 6.07) is 16.4. The van der Waals surface area contributed by atoms with Gasteiger partial charge in [-0.15, -0.1) is 0 Å². The molecule has 34 heavy (non-hydrogen) atoms. The van der Waals surface area contributed by atoms with Crippen LogP contribution in [0.15, 0.2) is 72.8 Å². The van der Waals surface area contributed by atoms with Gasteiger partial charge in [-0.1, -0.05) is 48.5 Å². The summed E-state index contributed by atoms with van der Waals surface area (Å²) in [7, 11) is 0. The number of ketones is 2. The van der Waals surface area contributed by atoms with Crippen LogP contribution in [0.4, 0.5) is 14.5 Å². The lowest BCUT2D eigenvalue weighted by Crippen LogP contribution is -2.51. The smallest absolute Gasteiger partial charge is 0.241 e. The van der Waals surface area contributed by atoms with Crippen LogP contribution >= 0.6 is 0 Å². The molecule has 1 spiro atoms. The number of halogens is 2. The van der Waals surface area contributed by atoms with Crippen LogP contribution in [0.25, 0.3) is 0 Å². The van der Waals surface area contributed by atoms with Gasteiger partial charge in [0.05, 0.1) is 23.6 Å². The first kappa shape index (κ1) is 20.6. The maximum Gasteiger partial charge on any atom is 0.241 e. The van der Waals surface area contributed by atoms with Crippen molar-refractivity contribution in [2.75, 3.05) is 4.90 Å². The Labute approximate surface area is 191 Å². The van der Waals surface area contributed by atoms with Crippen LogP contribution in [0.3, 0.4) is 0 Å². The Kier molecular flexibility index (Phi) is 4.22. The molecule has 6 nitrogen and oxygen atoms in total. The van der Waals surface area contributed by atoms with E-state index in [0.29, 0.717) is 10.5 Å². The lowest BCUT2D eigenvalue weighted by atomic mass is 9.77. The number of rotatable bonds is 2. The van der Waals surface area contributed by atoms with E-state index < -0.39 is 58.6 Å². The fourth-order valence-electron chi connectivity index (χ4n) is 5.34. The van der Waals surface area contributed by atoms with Crippen molar-refractivity contribution in [3.05, 3.63) is 101 Å². The summed E-state index contributed by atoms with van der Waals surface area (Å²) in [5.41, 5.74) is -2.02. The molecule has 0 bridgehead atoms. The molecule has 2 heterocycles. The zero-order valence-electron chi connectivity index (χ0n) is 17.4. The van der Waals surface area contributed by atoms with E-state index in [9.17, 15) is 28.0 Å². The Balaban J connectivity index is 1.56. The number of fused-ring (bicyclic) bond motifs is 3. The number of para-hydroxylation sites is 1. The van der Waals surface area contributed by atoms with E-state index in [1.807, 2.05) is 0 Å². The molecule has 2 amide bonds. The average molecular weight is 459 g/mol. The molecular formula is C26H15F2NO5. The van der Waals surface area contributed by atoms with Crippen molar-refractivity contribution >= 4 is 29.1 Å². The van der Waals surface area contributed by atoms with Crippen LogP contribution in [-0.4, -0.2) is 29.0 Å². The first-order valence-electron chi connectivity index (χ1n) is 10.6. The highest BCUT2D eigenvalue weighted by molar-refractivity contribution is 6.37. The molecule has 2 saturated heterocycles. The summed E-state index contributed by atoms with van der Waals surface area (Å²) in [5, 5.41) is 0. The largest absolute Gasteiger partial charge is 0.349 e. The first-order chi connectivity index (χ1) is 16.4. The highest BCUT2D eigenvalue weighted by Gasteiger charge is 2.74. The molecule has 0 saturated carbocycles. The molecule has 3 atom stereocenters. The van der Waals surface area contributed by atoms with E-state index in [1.54, 1.807) is 12.1 Å². The van der Waals surface area contributed by atoms with Gasteiger partial charge in [0.1, 0.15) is 11.6 Å². The first-order valence-corrected chi connectivity index (χ1v) is 10.6. The summed E-state index contributed by atoms with van der Waals surface area (Å²) in [6.07, 6.45) is -1.19. The second-order valence-corrected chi connectivity index (χ2v) is 8.50. The van der Waals surface area contributed by atoms with Gasteiger partial charge in [-0.2, -0.15) is 0 Å². The van der Waals surface area contributed by atoms with E-state index in [-0.39, 0.29) is 16.8 Å². The Bertz CT molecular complexity index is 1380. The van der Waals surface area contributed by atoms with Crippen LogP contribution in [0.5, 0.6) is 0 Å². The summed E-state index contributed by atoms with van der Waals surface area (Å²) in [4.78, 5) is 55.2. The van der Waals surface area contributed by atoms with Crippen molar-refractivity contribution in [2.24, 2.45) is 11.8 Å². The summed E-state index contributed by atoms with van der Waals surface area (Å²) in [5.74, 6) is -7.22. The van der Waals surface area contributed by atoms with Gasteiger partial charge >= 0.3 is 0 Å². The summed E-state index contributed by atoms with van der Waals surface area (Å²) in [6.45, 7) is 0. The molecule has 0 N–H and O–H groups in total. The number of imide groups is 1. The third kappa shape index (κ3) is 2.46. The van der Waals surface area contributed by atoms with Crippen molar-refractivity contribution < 1.29 is 32.7 Å². The molecule has 168 valence electrons. The quantitative estimate of drug-likeness (QED) is 0.432. The number of benzene rings is 3. The second kappa shape index (κ2) is 6.98. The number of nitrogens with zero attached hydrogens (tertiary/aromatic N) is 1. The highest BCUT2D eigenvalue weighted by atomic mass is 19.1. The Morgan fingerprint density at radius 1 is 0.735 bits per heavy atom. The second-order valence-electron chi connectivity index (χ2n) is 8.50. The van der Waals surface area contributed by atoms with Gasteiger partial charge in [0, 0.05) is 11.1 Å². The number of hydrogen-bond acceptors (Lipinski definition) is 5. The highest BCUT2D eigenvalue weighted by Crippen LogP contribution is 2.57. The molecular weight excluding hydrogens is 444 g/mol. The number of amides is 2. The molecule has 6 rings (SSSR count). The Morgan fingerprint density at radius 2 is 1.32 bits per heavy atom. The molecule has 1 aliphatic carbocycles. The SMILES string of the molecule is O=C1[C@@H]2[C@@H](c3ccc(F)cc3)OC3(C(=O)c4ccccc4C3=O)[C@H]2C(=O)N1c1ccccc1F. The van der Waals surface area contributed by atoms with Gasteiger partial charge in [-0.25, -0.2) is 13.7 Å². The van der Waals surface area contributed by atoms with E-state index in [1.165, 1.54) is 42.5 Å². The summed E-state index contributed by atoms with van der Waals surface area (Å²) >= 11 is 0. The van der Waals surface area contributed by atoms with Gasteiger partial charge in [-0.05, 0) is 29.8 Å². The van der Waals surface area contributed by atoms with Crippen molar-refractivity contribution in [1.82, 2.24) is 0 Å². The van der Waals surface area contributed by atoms with Crippen molar-refractivity contribution in [3.63, 3.8) is 0 Å². The van der Waals surface area contributed by atoms with Crippen LogP contribution in [0.2, 0.25) is 0 Å². The Hall–Kier alpha value is -4.04. The van der Waals surface area contributed by atoms with E-state index in [4.69, 9.17) is 4.74 Å². The minimum Gasteiger partial charge on any atom is -0.349 e. The number of Topliss-reactive ketones (excluding diaryl/α,β-unsaturated/α-hetero) is 2. The van der Waals surface area contributed by atoms with E-state index >= 15 is 0 Å². The molecule has 0 radical (unpaired) electrons. The molecule has 8 heteroatoms. The minimum absolute atomic E-state index is 0.0931. The molecule has 2 fully saturated rings. The maximum absolute atomic E-state index is 14.6. The molecule has 3 aromatic rings. The zero-order valence-corrected chi connectivity index (χ0v) is 17.4. The minimum atomic E-state index is -2.26. The van der Waals surface area contributed by atoms with Gasteiger partial charge in [0.15, 0.2) is 0 Å². The normalized spacial score (nSPS) is 24.8. The lowest BCUT2D eigenvalue weighted by molar-refractivity contribution is -0.127. The predicted octanol–water partition coefficient (Wildman–Crippen LogP) is 3.66. The fourth-order valence-corrected chi connectivity index (χ4v) is 5.34. The molecule has 3 aliphatic rings. The van der Waals surface area contributed by atoms with Gasteiger partial charge in [-0.3, -0.25) is 19.2 Å². The van der Waals surface area contributed by atoms with Crippen molar-refractivity contribution in [3.8, 4) is 0 Å². The zero-order chi connectivity index (χ0) is 23.8. The van der Waals surface area contributed by atoms with Crippen molar-refractivity contribution in [2.45, 2.75) is 11.7 Å². The molecule has 0 unspecified atom stereocenters. The Morgan fingerprint density at radius 3 is 1.94 bits per heavy atom. The number of anilines is 1. The average Bonchev–Trinajstić information content (AvgIpc) is 3.40. The maximum atomic E-state index is 14.6. The molecule has 2 aliphatic heterocycles. The van der Waals surface area contributed by atoms with Crippen LogP contribution in [0, 0.1) is 23.5 Å². The predicted molar refractivity (Wildman–Crippen MR) is 114 cm³/mol. The number of carbonyl (C=O) groups is 4. The number of hydrogen-bond donors (Lipinski definition) is 0. The standard InChI is InChI=1S/C26H15F2NO5/c27-14-11-9-13(10-12-14)21-19-20(25(33)29(24(19)32)18-8-4-3-7-17(18)28)26(34-21)22(30)15-5-1-2-6-16(15)23(26)31/h1-12,19-21H/t19-,20+,21+/m0/s1. The third-order valence-electron chi connectivity index (χ3n) is 6.81. The monoisotopic (exact) mass is 459 g/mol. The summed E-state index contributed by atoms with van der Waals surface area (Å²) < 4.78 is 34.3. The number of carbonyl (C=O) groups excluding carboxylic acids is 4. The fraction of sp³-hybridized carbons (Fsp3) is 0.154. The lowest BCUT2D eigenvalue weighted by Gasteiger charge is -2.27. The molecule has 3 aromatic carbocycles. The van der Waals surface area contributed by atoms with Gasteiger partial charge in [0.2, 0.25) is 29.0 Å². The number of ether oxygens (including phenoxy) is 1. The van der Waals surface area contributed by atoms with Crippen LogP contribution in [-0.2, 0) is 14.3 Å². The molecule has 0 aromatic heterocycles. The van der Waals surface area contributed by atoms with Crippen LogP contribution in [0.1, 0.15) is 32.4 Å². The van der Waals surface area contributed by atoms with Crippen LogP contribution < -0.4 is 4.90 Å². The third-order valence-corrected chi connectivity index (χ3v) is 6.81. The van der Waals surface area contributed by atoms with Gasteiger partial charge in [0.25, 0.3) is 0 Å². The van der Waals surface area contributed by atoms with E-state index in [0.717, 1.165) is 18.2 Å².